The summed E-state index contributed by atoms with van der Waals surface area (Å²) in [5.41, 5.74) is 9.32. The van der Waals surface area contributed by atoms with E-state index >= 15 is 0 Å². The summed E-state index contributed by atoms with van der Waals surface area (Å²) in [6, 6.07) is 10.2. The maximum Gasteiger partial charge on any atom is 0.237 e. The normalized spacial score (nSPS) is 16.5. The Labute approximate surface area is 145 Å². The summed E-state index contributed by atoms with van der Waals surface area (Å²) in [5.74, 6) is 1.58. The largest absolute Gasteiger partial charge is 0.508 e. The zero-order valence-electron chi connectivity index (χ0n) is 13.7. The highest BCUT2D eigenvalue weighted by molar-refractivity contribution is 5.82. The number of amides is 1. The van der Waals surface area contributed by atoms with E-state index in [0.717, 1.165) is 29.9 Å². The van der Waals surface area contributed by atoms with Gasteiger partial charge in [-0.3, -0.25) is 4.79 Å². The first-order valence-electron chi connectivity index (χ1n) is 8.34. The van der Waals surface area contributed by atoms with Crippen molar-refractivity contribution < 1.29 is 19.4 Å². The average Bonchev–Trinajstić information content (AvgIpc) is 3.19. The molecule has 0 bridgehead atoms. The first-order chi connectivity index (χ1) is 12.1. The van der Waals surface area contributed by atoms with Crippen LogP contribution in [0.3, 0.4) is 0 Å². The molecule has 1 aliphatic heterocycles. The van der Waals surface area contributed by atoms with Crippen molar-refractivity contribution in [1.82, 2.24) is 5.32 Å². The standard InChI is InChI=1S/C19H20N2O4/c20-16(5-11-1-3-15(22)4-2-11)19(23)21-14-6-12-8-17-18(25-10-24-17)9-13(12)7-14/h1-4,8-9,14,16,22H,5-7,10,20H2,(H,21,23). The maximum atomic E-state index is 12.4. The van der Waals surface area contributed by atoms with Crippen LogP contribution in [0.2, 0.25) is 0 Å². The first kappa shape index (κ1) is 15.8. The van der Waals surface area contributed by atoms with Gasteiger partial charge < -0.3 is 25.6 Å². The van der Waals surface area contributed by atoms with Crippen molar-refractivity contribution in [1.29, 1.82) is 0 Å². The number of carbonyl (C=O) groups excluding carboxylic acids is 1. The summed E-state index contributed by atoms with van der Waals surface area (Å²) in [4.78, 5) is 12.4. The van der Waals surface area contributed by atoms with Crippen LogP contribution in [0.4, 0.5) is 0 Å². The number of rotatable bonds is 4. The average molecular weight is 340 g/mol. The molecule has 6 nitrogen and oxygen atoms in total. The molecule has 1 heterocycles. The number of phenolic OH excluding ortho intramolecular Hbond substituents is 1. The monoisotopic (exact) mass is 340 g/mol. The van der Waals surface area contributed by atoms with Gasteiger partial charge >= 0.3 is 0 Å². The van der Waals surface area contributed by atoms with Gasteiger partial charge in [-0.25, -0.2) is 0 Å². The van der Waals surface area contributed by atoms with Crippen LogP contribution in [0.1, 0.15) is 16.7 Å². The minimum Gasteiger partial charge on any atom is -0.508 e. The number of hydrogen-bond acceptors (Lipinski definition) is 5. The van der Waals surface area contributed by atoms with Crippen LogP contribution in [0.25, 0.3) is 0 Å². The number of benzene rings is 2. The lowest BCUT2D eigenvalue weighted by molar-refractivity contribution is -0.123. The molecule has 0 spiro atoms. The molecule has 4 rings (SSSR count). The van der Waals surface area contributed by atoms with Crippen molar-refractivity contribution >= 4 is 5.91 Å². The van der Waals surface area contributed by atoms with Crippen molar-refractivity contribution in [3.05, 3.63) is 53.1 Å². The summed E-state index contributed by atoms with van der Waals surface area (Å²) in [6.07, 6.45) is 1.97. The minimum atomic E-state index is -0.620. The Morgan fingerprint density at radius 3 is 2.36 bits per heavy atom. The Balaban J connectivity index is 1.36. The highest BCUT2D eigenvalue weighted by Crippen LogP contribution is 2.37. The third kappa shape index (κ3) is 3.25. The van der Waals surface area contributed by atoms with Crippen LogP contribution in [0, 0.1) is 0 Å². The molecule has 0 saturated heterocycles. The molecule has 1 unspecified atom stereocenters. The minimum absolute atomic E-state index is 0.0379. The number of carbonyl (C=O) groups is 1. The molecule has 0 fully saturated rings. The van der Waals surface area contributed by atoms with Crippen LogP contribution in [-0.2, 0) is 24.1 Å². The highest BCUT2D eigenvalue weighted by Gasteiger charge is 2.28. The number of ether oxygens (including phenoxy) is 2. The second kappa shape index (κ2) is 6.29. The quantitative estimate of drug-likeness (QED) is 0.779. The van der Waals surface area contributed by atoms with Crippen molar-refractivity contribution in [3.8, 4) is 17.2 Å². The van der Waals surface area contributed by atoms with Crippen LogP contribution in [0.15, 0.2) is 36.4 Å². The molecule has 0 saturated carbocycles. The number of aromatic hydroxyl groups is 1. The second-order valence-corrected chi connectivity index (χ2v) is 6.57. The Kier molecular flexibility index (Phi) is 3.97. The van der Waals surface area contributed by atoms with Gasteiger partial charge in [-0.1, -0.05) is 12.1 Å². The van der Waals surface area contributed by atoms with Crippen molar-refractivity contribution in [3.63, 3.8) is 0 Å². The fourth-order valence-corrected chi connectivity index (χ4v) is 3.40. The SMILES string of the molecule is NC(Cc1ccc(O)cc1)C(=O)NC1Cc2cc3c(cc2C1)OCO3. The van der Waals surface area contributed by atoms with E-state index in [2.05, 4.69) is 5.32 Å². The smallest absolute Gasteiger partial charge is 0.237 e. The summed E-state index contributed by atoms with van der Waals surface area (Å²) in [5, 5.41) is 12.3. The van der Waals surface area contributed by atoms with Crippen LogP contribution in [0.5, 0.6) is 17.2 Å². The maximum absolute atomic E-state index is 12.4. The molecule has 1 atom stereocenters. The van der Waals surface area contributed by atoms with Gasteiger partial charge in [0.15, 0.2) is 11.5 Å². The van der Waals surface area contributed by atoms with Gasteiger partial charge in [-0.05, 0) is 60.2 Å². The molecule has 0 radical (unpaired) electrons. The van der Waals surface area contributed by atoms with Gasteiger partial charge in [0.05, 0.1) is 6.04 Å². The lowest BCUT2D eigenvalue weighted by atomic mass is 10.1. The summed E-state index contributed by atoms with van der Waals surface area (Å²) in [7, 11) is 0. The molecule has 0 aromatic heterocycles. The molecule has 25 heavy (non-hydrogen) atoms. The molecule has 1 amide bonds. The molecule has 6 heteroatoms. The predicted octanol–water partition coefficient (Wildman–Crippen LogP) is 1.27. The lowest BCUT2D eigenvalue weighted by Crippen LogP contribution is -2.46. The third-order valence-corrected chi connectivity index (χ3v) is 4.70. The Morgan fingerprint density at radius 1 is 1.16 bits per heavy atom. The van der Waals surface area contributed by atoms with E-state index in [-0.39, 0.29) is 24.5 Å². The molecule has 130 valence electrons. The van der Waals surface area contributed by atoms with Crippen molar-refractivity contribution in [2.45, 2.75) is 31.3 Å². The predicted molar refractivity (Wildman–Crippen MR) is 91.7 cm³/mol. The van der Waals surface area contributed by atoms with Crippen LogP contribution in [-0.4, -0.2) is 29.9 Å². The molecule has 2 aromatic rings. The number of fused-ring (bicyclic) bond motifs is 2. The fraction of sp³-hybridized carbons (Fsp3) is 0.316. The summed E-state index contributed by atoms with van der Waals surface area (Å²) in [6.45, 7) is 0.268. The van der Waals surface area contributed by atoms with E-state index in [1.165, 1.54) is 11.1 Å². The van der Waals surface area contributed by atoms with E-state index < -0.39 is 6.04 Å². The van der Waals surface area contributed by atoms with Gasteiger partial charge in [0.25, 0.3) is 0 Å². The van der Waals surface area contributed by atoms with Crippen LogP contribution >= 0.6 is 0 Å². The molecule has 2 aliphatic rings. The number of hydrogen-bond donors (Lipinski definition) is 3. The first-order valence-corrected chi connectivity index (χ1v) is 8.34. The highest BCUT2D eigenvalue weighted by atomic mass is 16.7. The Morgan fingerprint density at radius 2 is 1.76 bits per heavy atom. The third-order valence-electron chi connectivity index (χ3n) is 4.70. The van der Waals surface area contributed by atoms with Gasteiger partial charge in [-0.15, -0.1) is 0 Å². The fourth-order valence-electron chi connectivity index (χ4n) is 3.40. The number of phenols is 1. The number of nitrogens with two attached hydrogens (primary N) is 1. The van der Waals surface area contributed by atoms with Gasteiger partial charge in [0.2, 0.25) is 12.7 Å². The zero-order valence-corrected chi connectivity index (χ0v) is 13.7. The number of nitrogens with one attached hydrogen (secondary N) is 1. The van der Waals surface area contributed by atoms with Crippen molar-refractivity contribution in [2.75, 3.05) is 6.79 Å². The van der Waals surface area contributed by atoms with Gasteiger partial charge in [-0.2, -0.15) is 0 Å². The van der Waals surface area contributed by atoms with Gasteiger partial charge in [0.1, 0.15) is 5.75 Å². The molecular formula is C19H20N2O4. The van der Waals surface area contributed by atoms with Gasteiger partial charge in [0, 0.05) is 6.04 Å². The lowest BCUT2D eigenvalue weighted by Gasteiger charge is -2.16. The Hall–Kier alpha value is -2.73. The summed E-state index contributed by atoms with van der Waals surface area (Å²) >= 11 is 0. The van der Waals surface area contributed by atoms with E-state index in [9.17, 15) is 9.90 Å². The van der Waals surface area contributed by atoms with E-state index in [4.69, 9.17) is 15.2 Å². The van der Waals surface area contributed by atoms with E-state index in [0.29, 0.717) is 6.42 Å². The van der Waals surface area contributed by atoms with Crippen LogP contribution < -0.4 is 20.5 Å². The molecule has 1 aliphatic carbocycles. The molecule has 2 aromatic carbocycles. The topological polar surface area (TPSA) is 93.8 Å². The van der Waals surface area contributed by atoms with Crippen molar-refractivity contribution in [2.24, 2.45) is 5.73 Å². The Bertz CT molecular complexity index is 771. The van der Waals surface area contributed by atoms with E-state index in [1.54, 1.807) is 24.3 Å². The van der Waals surface area contributed by atoms with E-state index in [1.807, 2.05) is 12.1 Å². The molecular weight excluding hydrogens is 320 g/mol. The second-order valence-electron chi connectivity index (χ2n) is 6.57. The zero-order chi connectivity index (χ0) is 17.4. The summed E-state index contributed by atoms with van der Waals surface area (Å²) < 4.78 is 10.8. The molecule has 4 N–H and O–H groups in total.